The van der Waals surface area contributed by atoms with Crippen LogP contribution in [0, 0.1) is 0 Å². The van der Waals surface area contributed by atoms with Crippen molar-refractivity contribution in [2.75, 3.05) is 27.7 Å². The Morgan fingerprint density at radius 2 is 2.12 bits per heavy atom. The summed E-state index contributed by atoms with van der Waals surface area (Å²) in [6, 6.07) is 5.35. The van der Waals surface area contributed by atoms with E-state index in [0.29, 0.717) is 17.2 Å². The van der Waals surface area contributed by atoms with Gasteiger partial charge in [-0.05, 0) is 38.2 Å². The molecule has 0 spiro atoms. The van der Waals surface area contributed by atoms with E-state index in [9.17, 15) is 5.11 Å². The molecular weight excluding hydrogens is 226 g/mol. The molecule has 1 aromatic carbocycles. The highest BCUT2D eigenvalue weighted by Gasteiger charge is 2.10. The molecule has 0 aromatic heterocycles. The molecule has 1 rings (SSSR count). The first-order valence-electron chi connectivity index (χ1n) is 5.21. The maximum atomic E-state index is 9.95. The molecule has 16 heavy (non-hydrogen) atoms. The average molecular weight is 244 g/mol. The number of ether oxygens (including phenoxy) is 1. The van der Waals surface area contributed by atoms with E-state index < -0.39 is 6.10 Å². The lowest BCUT2D eigenvalue weighted by Crippen LogP contribution is -2.15. The molecule has 0 aliphatic heterocycles. The Morgan fingerprint density at radius 3 is 2.69 bits per heavy atom. The van der Waals surface area contributed by atoms with Gasteiger partial charge in [-0.25, -0.2) is 0 Å². The Labute approximate surface area is 102 Å². The Morgan fingerprint density at radius 1 is 1.44 bits per heavy atom. The molecule has 1 aromatic rings. The summed E-state index contributed by atoms with van der Waals surface area (Å²) in [6.07, 6.45) is 0.214. The number of rotatable bonds is 5. The molecule has 1 unspecified atom stereocenters. The fourth-order valence-electron chi connectivity index (χ4n) is 1.43. The van der Waals surface area contributed by atoms with Crippen molar-refractivity contribution < 1.29 is 9.84 Å². The van der Waals surface area contributed by atoms with Crippen LogP contribution in [-0.2, 0) is 0 Å². The smallest absolute Gasteiger partial charge is 0.137 e. The summed E-state index contributed by atoms with van der Waals surface area (Å²) in [4.78, 5) is 2.04. The number of hydrogen-bond acceptors (Lipinski definition) is 3. The minimum atomic E-state index is -0.478. The van der Waals surface area contributed by atoms with E-state index in [1.54, 1.807) is 19.2 Å². The zero-order valence-electron chi connectivity index (χ0n) is 9.90. The lowest BCUT2D eigenvalue weighted by molar-refractivity contribution is 0.154. The second-order valence-electron chi connectivity index (χ2n) is 4.00. The highest BCUT2D eigenvalue weighted by molar-refractivity contribution is 6.32. The van der Waals surface area contributed by atoms with E-state index in [-0.39, 0.29) is 0 Å². The summed E-state index contributed by atoms with van der Waals surface area (Å²) in [5, 5.41) is 10.5. The third kappa shape index (κ3) is 3.67. The van der Waals surface area contributed by atoms with Gasteiger partial charge < -0.3 is 14.7 Å². The molecule has 0 aliphatic rings. The van der Waals surface area contributed by atoms with Gasteiger partial charge in [-0.2, -0.15) is 0 Å². The SMILES string of the molecule is COc1cc(C(O)CCN(C)C)ccc1Cl. The summed E-state index contributed by atoms with van der Waals surface area (Å²) in [5.74, 6) is 0.600. The molecule has 0 fully saturated rings. The summed E-state index contributed by atoms with van der Waals surface area (Å²) in [7, 11) is 5.53. The van der Waals surface area contributed by atoms with Gasteiger partial charge in [-0.3, -0.25) is 0 Å². The van der Waals surface area contributed by atoms with Crippen LogP contribution >= 0.6 is 11.6 Å². The van der Waals surface area contributed by atoms with Crippen LogP contribution in [-0.4, -0.2) is 37.8 Å². The van der Waals surface area contributed by atoms with E-state index in [4.69, 9.17) is 16.3 Å². The van der Waals surface area contributed by atoms with Gasteiger partial charge in [0.2, 0.25) is 0 Å². The monoisotopic (exact) mass is 243 g/mol. The number of aliphatic hydroxyl groups excluding tert-OH is 1. The topological polar surface area (TPSA) is 32.7 Å². The summed E-state index contributed by atoms with van der Waals surface area (Å²) in [5.41, 5.74) is 0.836. The Bertz CT molecular complexity index is 342. The number of hydrogen-bond donors (Lipinski definition) is 1. The molecular formula is C12H18ClNO2. The number of nitrogens with zero attached hydrogens (tertiary/aromatic N) is 1. The predicted octanol–water partition coefficient (Wildman–Crippen LogP) is 2.33. The van der Waals surface area contributed by atoms with E-state index in [1.807, 2.05) is 25.1 Å². The van der Waals surface area contributed by atoms with Crippen LogP contribution in [0.25, 0.3) is 0 Å². The number of benzene rings is 1. The first-order chi connectivity index (χ1) is 7.54. The first kappa shape index (κ1) is 13.3. The third-order valence-corrected chi connectivity index (χ3v) is 2.72. The zero-order valence-corrected chi connectivity index (χ0v) is 10.7. The zero-order chi connectivity index (χ0) is 12.1. The van der Waals surface area contributed by atoms with Crippen molar-refractivity contribution in [3.63, 3.8) is 0 Å². The lowest BCUT2D eigenvalue weighted by atomic mass is 10.1. The summed E-state index contributed by atoms with van der Waals surface area (Å²) < 4.78 is 5.11. The van der Waals surface area contributed by atoms with Crippen molar-refractivity contribution in [1.29, 1.82) is 0 Å². The maximum Gasteiger partial charge on any atom is 0.137 e. The van der Waals surface area contributed by atoms with E-state index in [0.717, 1.165) is 12.1 Å². The van der Waals surface area contributed by atoms with Crippen molar-refractivity contribution in [3.05, 3.63) is 28.8 Å². The van der Waals surface area contributed by atoms with Gasteiger partial charge in [0.1, 0.15) is 5.75 Å². The summed E-state index contributed by atoms with van der Waals surface area (Å²) in [6.45, 7) is 0.839. The fraction of sp³-hybridized carbons (Fsp3) is 0.500. The van der Waals surface area contributed by atoms with Crippen LogP contribution in [0.2, 0.25) is 5.02 Å². The summed E-state index contributed by atoms with van der Waals surface area (Å²) >= 11 is 5.91. The van der Waals surface area contributed by atoms with Crippen molar-refractivity contribution in [1.82, 2.24) is 4.90 Å². The van der Waals surface area contributed by atoms with Gasteiger partial charge in [-0.15, -0.1) is 0 Å². The predicted molar refractivity (Wildman–Crippen MR) is 66.1 cm³/mol. The molecule has 1 atom stereocenters. The lowest BCUT2D eigenvalue weighted by Gasteiger charge is -2.15. The van der Waals surface area contributed by atoms with Crippen molar-refractivity contribution in [2.24, 2.45) is 0 Å². The van der Waals surface area contributed by atoms with Crippen molar-refractivity contribution in [3.8, 4) is 5.75 Å². The second-order valence-corrected chi connectivity index (χ2v) is 4.41. The maximum absolute atomic E-state index is 9.95. The van der Waals surface area contributed by atoms with Crippen LogP contribution in [0.5, 0.6) is 5.75 Å². The molecule has 0 amide bonds. The van der Waals surface area contributed by atoms with Crippen LogP contribution in [0.15, 0.2) is 18.2 Å². The largest absolute Gasteiger partial charge is 0.495 e. The molecule has 3 nitrogen and oxygen atoms in total. The van der Waals surface area contributed by atoms with Crippen LogP contribution in [0.4, 0.5) is 0 Å². The Kier molecular flexibility index (Phi) is 5.06. The normalized spacial score (nSPS) is 12.9. The van der Waals surface area contributed by atoms with E-state index in [2.05, 4.69) is 0 Å². The van der Waals surface area contributed by atoms with Gasteiger partial charge in [-0.1, -0.05) is 17.7 Å². The quantitative estimate of drug-likeness (QED) is 0.862. The number of aliphatic hydroxyl groups is 1. The van der Waals surface area contributed by atoms with Crippen LogP contribution in [0.1, 0.15) is 18.1 Å². The Hall–Kier alpha value is -0.770. The Balaban J connectivity index is 2.72. The third-order valence-electron chi connectivity index (χ3n) is 2.41. The highest BCUT2D eigenvalue weighted by Crippen LogP contribution is 2.28. The molecule has 90 valence electrons. The first-order valence-corrected chi connectivity index (χ1v) is 5.58. The standard InChI is InChI=1S/C12H18ClNO2/c1-14(2)7-6-11(15)9-4-5-10(13)12(8-9)16-3/h4-5,8,11,15H,6-7H2,1-3H3. The molecule has 4 heteroatoms. The van der Waals surface area contributed by atoms with Gasteiger partial charge in [0, 0.05) is 6.54 Å². The number of halogens is 1. The molecule has 0 aliphatic carbocycles. The fourth-order valence-corrected chi connectivity index (χ4v) is 1.63. The van der Waals surface area contributed by atoms with Crippen LogP contribution in [0.3, 0.4) is 0 Å². The van der Waals surface area contributed by atoms with Crippen molar-refractivity contribution in [2.45, 2.75) is 12.5 Å². The number of methoxy groups -OCH3 is 1. The molecule has 0 heterocycles. The molecule has 0 saturated heterocycles. The molecule has 1 N–H and O–H groups in total. The average Bonchev–Trinajstić information content (AvgIpc) is 2.26. The minimum absolute atomic E-state index is 0.478. The van der Waals surface area contributed by atoms with Gasteiger partial charge in [0.25, 0.3) is 0 Å². The van der Waals surface area contributed by atoms with Crippen molar-refractivity contribution >= 4 is 11.6 Å². The highest BCUT2D eigenvalue weighted by atomic mass is 35.5. The second kappa shape index (κ2) is 6.09. The van der Waals surface area contributed by atoms with Gasteiger partial charge in [0.15, 0.2) is 0 Å². The molecule has 0 radical (unpaired) electrons. The molecule has 0 saturated carbocycles. The molecule has 0 bridgehead atoms. The van der Waals surface area contributed by atoms with E-state index in [1.165, 1.54) is 0 Å². The minimum Gasteiger partial charge on any atom is -0.495 e. The van der Waals surface area contributed by atoms with Gasteiger partial charge in [0.05, 0.1) is 18.2 Å². The van der Waals surface area contributed by atoms with Crippen LogP contribution < -0.4 is 4.74 Å². The van der Waals surface area contributed by atoms with Gasteiger partial charge >= 0.3 is 0 Å². The van der Waals surface area contributed by atoms with E-state index >= 15 is 0 Å².